The molecule has 1 amide bonds. The van der Waals surface area contributed by atoms with Gasteiger partial charge in [-0.1, -0.05) is 0 Å². The predicted molar refractivity (Wildman–Crippen MR) is 64.3 cm³/mol. The fourth-order valence-electron chi connectivity index (χ4n) is 1.92. The van der Waals surface area contributed by atoms with Gasteiger partial charge in [-0.25, -0.2) is 0 Å². The molecule has 1 saturated heterocycles. The van der Waals surface area contributed by atoms with Crippen molar-refractivity contribution in [2.24, 2.45) is 5.92 Å². The maximum Gasteiger partial charge on any atom is 0.248 e. The second-order valence-electron chi connectivity index (χ2n) is 4.85. The standard InChI is InChI=1S/C12H24N2O2/c1-10(2)16-9-12(15)14(3)8-11-5-4-6-13-7-11/h10-11,13H,4-9H2,1-3H3. The summed E-state index contributed by atoms with van der Waals surface area (Å²) >= 11 is 0. The Morgan fingerprint density at radius 1 is 1.56 bits per heavy atom. The lowest BCUT2D eigenvalue weighted by Crippen LogP contribution is -2.40. The Balaban J connectivity index is 2.21. The van der Waals surface area contributed by atoms with Crippen molar-refractivity contribution in [2.45, 2.75) is 32.8 Å². The highest BCUT2D eigenvalue weighted by Crippen LogP contribution is 2.11. The van der Waals surface area contributed by atoms with Crippen LogP contribution in [0.2, 0.25) is 0 Å². The average Bonchev–Trinajstić information content (AvgIpc) is 2.27. The first-order valence-corrected chi connectivity index (χ1v) is 6.16. The number of rotatable bonds is 5. The van der Waals surface area contributed by atoms with Gasteiger partial charge >= 0.3 is 0 Å². The highest BCUT2D eigenvalue weighted by molar-refractivity contribution is 5.77. The number of carbonyl (C=O) groups excluding carboxylic acids is 1. The van der Waals surface area contributed by atoms with Crippen LogP contribution in [-0.2, 0) is 9.53 Å². The van der Waals surface area contributed by atoms with E-state index in [4.69, 9.17) is 4.74 Å². The number of piperidine rings is 1. The molecule has 4 nitrogen and oxygen atoms in total. The molecule has 1 fully saturated rings. The zero-order chi connectivity index (χ0) is 12.0. The molecule has 1 N–H and O–H groups in total. The lowest BCUT2D eigenvalue weighted by Gasteiger charge is -2.27. The molecule has 0 aromatic carbocycles. The van der Waals surface area contributed by atoms with E-state index < -0.39 is 0 Å². The topological polar surface area (TPSA) is 41.6 Å². The molecular weight excluding hydrogens is 204 g/mol. The number of ether oxygens (including phenoxy) is 1. The zero-order valence-electron chi connectivity index (χ0n) is 10.7. The number of nitrogens with zero attached hydrogens (tertiary/aromatic N) is 1. The Bertz CT molecular complexity index is 213. The third kappa shape index (κ3) is 4.94. The Morgan fingerprint density at radius 3 is 2.88 bits per heavy atom. The molecule has 0 aliphatic carbocycles. The Labute approximate surface area is 98.3 Å². The maximum atomic E-state index is 11.7. The molecule has 4 heteroatoms. The Morgan fingerprint density at radius 2 is 2.31 bits per heavy atom. The van der Waals surface area contributed by atoms with Gasteiger partial charge in [-0.15, -0.1) is 0 Å². The molecule has 94 valence electrons. The molecule has 1 aliphatic heterocycles. The molecule has 16 heavy (non-hydrogen) atoms. The van der Waals surface area contributed by atoms with Crippen molar-refractivity contribution in [3.05, 3.63) is 0 Å². The summed E-state index contributed by atoms with van der Waals surface area (Å²) < 4.78 is 5.31. The number of hydrogen-bond donors (Lipinski definition) is 1. The Hall–Kier alpha value is -0.610. The lowest BCUT2D eigenvalue weighted by atomic mass is 9.99. The lowest BCUT2D eigenvalue weighted by molar-refractivity contribution is -0.136. The van der Waals surface area contributed by atoms with Gasteiger partial charge in [0.1, 0.15) is 6.61 Å². The number of carbonyl (C=O) groups is 1. The number of likely N-dealkylation sites (N-methyl/N-ethyl adjacent to an activating group) is 1. The smallest absolute Gasteiger partial charge is 0.248 e. The first-order chi connectivity index (χ1) is 7.59. The molecule has 0 bridgehead atoms. The van der Waals surface area contributed by atoms with Crippen LogP contribution in [0.15, 0.2) is 0 Å². The third-order valence-electron chi connectivity index (χ3n) is 2.90. The van der Waals surface area contributed by atoms with Crippen LogP contribution in [0.5, 0.6) is 0 Å². The van der Waals surface area contributed by atoms with E-state index >= 15 is 0 Å². The minimum absolute atomic E-state index is 0.0827. The van der Waals surface area contributed by atoms with Crippen LogP contribution in [0.3, 0.4) is 0 Å². The number of nitrogens with one attached hydrogen (secondary N) is 1. The van der Waals surface area contributed by atoms with E-state index in [9.17, 15) is 4.79 Å². The van der Waals surface area contributed by atoms with Gasteiger partial charge in [-0.05, 0) is 45.7 Å². The van der Waals surface area contributed by atoms with E-state index in [2.05, 4.69) is 5.32 Å². The second-order valence-corrected chi connectivity index (χ2v) is 4.85. The van der Waals surface area contributed by atoms with Crippen molar-refractivity contribution in [3.8, 4) is 0 Å². The monoisotopic (exact) mass is 228 g/mol. The summed E-state index contributed by atoms with van der Waals surface area (Å²) in [6.45, 7) is 7.07. The van der Waals surface area contributed by atoms with E-state index in [-0.39, 0.29) is 18.6 Å². The van der Waals surface area contributed by atoms with Crippen LogP contribution < -0.4 is 5.32 Å². The summed E-state index contributed by atoms with van der Waals surface area (Å²) in [7, 11) is 1.86. The van der Waals surface area contributed by atoms with Gasteiger partial charge in [0.05, 0.1) is 6.10 Å². The summed E-state index contributed by atoms with van der Waals surface area (Å²) in [5.41, 5.74) is 0. The summed E-state index contributed by atoms with van der Waals surface area (Å²) in [6.07, 6.45) is 2.55. The summed E-state index contributed by atoms with van der Waals surface area (Å²) in [5.74, 6) is 0.682. The fourth-order valence-corrected chi connectivity index (χ4v) is 1.92. The minimum atomic E-state index is 0.0827. The van der Waals surface area contributed by atoms with E-state index in [1.165, 1.54) is 12.8 Å². The van der Waals surface area contributed by atoms with Gasteiger partial charge in [0, 0.05) is 13.6 Å². The van der Waals surface area contributed by atoms with Crippen molar-refractivity contribution in [1.29, 1.82) is 0 Å². The van der Waals surface area contributed by atoms with Crippen LogP contribution >= 0.6 is 0 Å². The quantitative estimate of drug-likeness (QED) is 0.759. The molecular formula is C12H24N2O2. The largest absolute Gasteiger partial charge is 0.369 e. The van der Waals surface area contributed by atoms with E-state index in [0.717, 1.165) is 19.6 Å². The number of hydrogen-bond acceptors (Lipinski definition) is 3. The summed E-state index contributed by atoms with van der Waals surface area (Å²) in [4.78, 5) is 13.5. The zero-order valence-corrected chi connectivity index (χ0v) is 10.7. The van der Waals surface area contributed by atoms with Gasteiger partial charge < -0.3 is 15.0 Å². The van der Waals surface area contributed by atoms with Gasteiger partial charge in [0.2, 0.25) is 5.91 Å². The predicted octanol–water partition coefficient (Wildman–Crippen LogP) is 0.869. The van der Waals surface area contributed by atoms with Crippen LogP contribution in [-0.4, -0.2) is 50.2 Å². The van der Waals surface area contributed by atoms with Crippen molar-refractivity contribution in [2.75, 3.05) is 33.3 Å². The first kappa shape index (κ1) is 13.5. The van der Waals surface area contributed by atoms with Crippen molar-refractivity contribution >= 4 is 5.91 Å². The SMILES string of the molecule is CC(C)OCC(=O)N(C)CC1CCCNC1. The van der Waals surface area contributed by atoms with Gasteiger partial charge in [0.25, 0.3) is 0 Å². The summed E-state index contributed by atoms with van der Waals surface area (Å²) in [6, 6.07) is 0. The van der Waals surface area contributed by atoms with E-state index in [1.807, 2.05) is 20.9 Å². The Kier molecular flexibility index (Phi) is 5.77. The van der Waals surface area contributed by atoms with Crippen molar-refractivity contribution < 1.29 is 9.53 Å². The second kappa shape index (κ2) is 6.86. The van der Waals surface area contributed by atoms with Gasteiger partial charge in [-0.3, -0.25) is 4.79 Å². The van der Waals surface area contributed by atoms with Crippen molar-refractivity contribution in [1.82, 2.24) is 10.2 Å². The molecule has 0 aromatic rings. The van der Waals surface area contributed by atoms with Crippen molar-refractivity contribution in [3.63, 3.8) is 0 Å². The molecule has 1 aliphatic rings. The molecule has 0 aromatic heterocycles. The van der Waals surface area contributed by atoms with E-state index in [1.54, 1.807) is 4.90 Å². The third-order valence-corrected chi connectivity index (χ3v) is 2.90. The first-order valence-electron chi connectivity index (χ1n) is 6.16. The molecule has 0 spiro atoms. The molecule has 1 atom stereocenters. The summed E-state index contributed by atoms with van der Waals surface area (Å²) in [5, 5.41) is 3.36. The highest BCUT2D eigenvalue weighted by Gasteiger charge is 2.18. The minimum Gasteiger partial charge on any atom is -0.369 e. The maximum absolute atomic E-state index is 11.7. The molecule has 0 radical (unpaired) electrons. The van der Waals surface area contributed by atoms with Gasteiger partial charge in [-0.2, -0.15) is 0 Å². The average molecular weight is 228 g/mol. The normalized spacial score (nSPS) is 21.1. The molecule has 0 saturated carbocycles. The van der Waals surface area contributed by atoms with Gasteiger partial charge in [0.15, 0.2) is 0 Å². The fraction of sp³-hybridized carbons (Fsp3) is 0.917. The van der Waals surface area contributed by atoms with Crippen LogP contribution in [0.4, 0.5) is 0 Å². The van der Waals surface area contributed by atoms with E-state index in [0.29, 0.717) is 5.92 Å². The molecule has 1 unspecified atom stereocenters. The molecule has 1 heterocycles. The highest BCUT2D eigenvalue weighted by atomic mass is 16.5. The van der Waals surface area contributed by atoms with Crippen LogP contribution in [0, 0.1) is 5.92 Å². The van der Waals surface area contributed by atoms with Crippen LogP contribution in [0.1, 0.15) is 26.7 Å². The number of amides is 1. The molecule has 1 rings (SSSR count). The van der Waals surface area contributed by atoms with Crippen LogP contribution in [0.25, 0.3) is 0 Å².